The van der Waals surface area contributed by atoms with E-state index in [1.54, 1.807) is 6.92 Å². The number of halogens is 2. The van der Waals surface area contributed by atoms with Crippen LogP contribution in [-0.4, -0.2) is 27.9 Å². The Kier molecular flexibility index (Phi) is 6.09. The molecule has 1 rings (SSSR count). The van der Waals surface area contributed by atoms with Gasteiger partial charge in [0.2, 0.25) is 10.0 Å². The van der Waals surface area contributed by atoms with Crippen LogP contribution >= 0.6 is 0 Å². The summed E-state index contributed by atoms with van der Waals surface area (Å²) in [6.07, 6.45) is -1.83. The standard InChI is InChI=1S/C12H20F2N2O3S/c1-4-5-15-6-10-8(2)19-9(3)12(10)20(17,18)16-7-11(13)14/h11,15-16H,4-7H2,1-3H3. The Balaban J connectivity index is 3.03. The smallest absolute Gasteiger partial charge is 0.251 e. The van der Waals surface area contributed by atoms with Gasteiger partial charge in [0.05, 0.1) is 6.54 Å². The molecule has 1 heterocycles. The Hall–Kier alpha value is -0.990. The van der Waals surface area contributed by atoms with Crippen LogP contribution in [-0.2, 0) is 16.6 Å². The van der Waals surface area contributed by atoms with Gasteiger partial charge in [-0.3, -0.25) is 0 Å². The number of aryl methyl sites for hydroxylation is 2. The van der Waals surface area contributed by atoms with Gasteiger partial charge in [-0.15, -0.1) is 0 Å². The number of hydrogen-bond acceptors (Lipinski definition) is 4. The van der Waals surface area contributed by atoms with Gasteiger partial charge in [-0.05, 0) is 26.8 Å². The summed E-state index contributed by atoms with van der Waals surface area (Å²) in [5.41, 5.74) is 0.484. The van der Waals surface area contributed by atoms with Gasteiger partial charge in [-0.25, -0.2) is 21.9 Å². The second kappa shape index (κ2) is 7.14. The summed E-state index contributed by atoms with van der Waals surface area (Å²) < 4.78 is 55.7. The summed E-state index contributed by atoms with van der Waals surface area (Å²) in [7, 11) is -4.00. The molecule has 0 aliphatic carbocycles. The van der Waals surface area contributed by atoms with Crippen LogP contribution in [0.25, 0.3) is 0 Å². The summed E-state index contributed by atoms with van der Waals surface area (Å²) in [5, 5.41) is 3.08. The first-order chi connectivity index (χ1) is 9.29. The van der Waals surface area contributed by atoms with Crippen LogP contribution in [0.1, 0.15) is 30.4 Å². The Morgan fingerprint density at radius 1 is 1.25 bits per heavy atom. The van der Waals surface area contributed by atoms with Crippen LogP contribution in [0.3, 0.4) is 0 Å². The Morgan fingerprint density at radius 3 is 2.45 bits per heavy atom. The molecule has 0 aliphatic rings. The molecule has 0 unspecified atom stereocenters. The van der Waals surface area contributed by atoms with Gasteiger partial charge >= 0.3 is 0 Å². The molecule has 1 aromatic rings. The first-order valence-electron chi connectivity index (χ1n) is 6.37. The van der Waals surface area contributed by atoms with E-state index >= 15 is 0 Å². The Bertz CT molecular complexity index is 541. The molecule has 20 heavy (non-hydrogen) atoms. The lowest BCUT2D eigenvalue weighted by molar-refractivity contribution is 0.153. The van der Waals surface area contributed by atoms with Gasteiger partial charge in [0.25, 0.3) is 6.43 Å². The highest BCUT2D eigenvalue weighted by molar-refractivity contribution is 7.89. The largest absolute Gasteiger partial charge is 0.465 e. The molecule has 0 fully saturated rings. The predicted octanol–water partition coefficient (Wildman–Crippen LogP) is 1.94. The number of furan rings is 1. The lowest BCUT2D eigenvalue weighted by Gasteiger charge is -2.09. The minimum Gasteiger partial charge on any atom is -0.465 e. The molecule has 2 N–H and O–H groups in total. The molecule has 8 heteroatoms. The topological polar surface area (TPSA) is 71.3 Å². The lowest BCUT2D eigenvalue weighted by atomic mass is 10.2. The molecule has 0 saturated carbocycles. The highest BCUT2D eigenvalue weighted by atomic mass is 32.2. The minimum atomic E-state index is -4.00. The molecule has 0 spiro atoms. The molecule has 0 saturated heterocycles. The monoisotopic (exact) mass is 310 g/mol. The summed E-state index contributed by atoms with van der Waals surface area (Å²) in [6, 6.07) is 0. The van der Waals surface area contributed by atoms with E-state index in [1.165, 1.54) is 6.92 Å². The first-order valence-corrected chi connectivity index (χ1v) is 7.85. The van der Waals surface area contributed by atoms with Crippen molar-refractivity contribution in [2.24, 2.45) is 0 Å². The van der Waals surface area contributed by atoms with E-state index in [4.69, 9.17) is 4.42 Å². The molecule has 0 atom stereocenters. The maximum Gasteiger partial charge on any atom is 0.251 e. The molecule has 1 aromatic heterocycles. The van der Waals surface area contributed by atoms with Crippen molar-refractivity contribution in [2.45, 2.75) is 45.1 Å². The van der Waals surface area contributed by atoms with Crippen molar-refractivity contribution in [3.05, 3.63) is 17.1 Å². The van der Waals surface area contributed by atoms with Crippen molar-refractivity contribution in [1.82, 2.24) is 10.0 Å². The van der Waals surface area contributed by atoms with E-state index in [9.17, 15) is 17.2 Å². The van der Waals surface area contributed by atoms with Gasteiger partial charge in [0.15, 0.2) is 0 Å². The van der Waals surface area contributed by atoms with Crippen LogP contribution in [0, 0.1) is 13.8 Å². The second-order valence-corrected chi connectivity index (χ2v) is 6.15. The molecule has 0 aromatic carbocycles. The van der Waals surface area contributed by atoms with E-state index in [0.717, 1.165) is 13.0 Å². The third-order valence-corrected chi connectivity index (χ3v) is 4.37. The molecule has 0 amide bonds. The Labute approximate surface area is 117 Å². The van der Waals surface area contributed by atoms with Gasteiger partial charge in [-0.2, -0.15) is 0 Å². The maximum atomic E-state index is 12.2. The SMILES string of the molecule is CCCNCc1c(C)oc(C)c1S(=O)(=O)NCC(F)F. The van der Waals surface area contributed by atoms with E-state index in [2.05, 4.69) is 5.32 Å². The van der Waals surface area contributed by atoms with Crippen LogP contribution < -0.4 is 10.0 Å². The normalized spacial score (nSPS) is 12.3. The highest BCUT2D eigenvalue weighted by Gasteiger charge is 2.27. The molecule has 5 nitrogen and oxygen atoms in total. The lowest BCUT2D eigenvalue weighted by Crippen LogP contribution is -2.30. The van der Waals surface area contributed by atoms with Crippen molar-refractivity contribution < 1.29 is 21.6 Å². The van der Waals surface area contributed by atoms with Gasteiger partial charge in [0.1, 0.15) is 16.4 Å². The molecular formula is C12H20F2N2O3S. The van der Waals surface area contributed by atoms with Crippen LogP contribution in [0.15, 0.2) is 9.31 Å². The van der Waals surface area contributed by atoms with E-state index in [-0.39, 0.29) is 10.7 Å². The third kappa shape index (κ3) is 4.26. The molecular weight excluding hydrogens is 290 g/mol. The zero-order valence-electron chi connectivity index (χ0n) is 11.8. The van der Waals surface area contributed by atoms with Crippen molar-refractivity contribution in [3.63, 3.8) is 0 Å². The average Bonchev–Trinajstić information content (AvgIpc) is 2.63. The molecule has 0 bridgehead atoms. The van der Waals surface area contributed by atoms with E-state index < -0.39 is 23.0 Å². The fourth-order valence-corrected chi connectivity index (χ4v) is 3.35. The molecule has 0 radical (unpaired) electrons. The average molecular weight is 310 g/mol. The number of nitrogens with one attached hydrogen (secondary N) is 2. The van der Waals surface area contributed by atoms with Crippen LogP contribution in [0.2, 0.25) is 0 Å². The second-order valence-electron chi connectivity index (χ2n) is 4.44. The van der Waals surface area contributed by atoms with Gasteiger partial charge in [-0.1, -0.05) is 6.92 Å². The van der Waals surface area contributed by atoms with Crippen LogP contribution in [0.4, 0.5) is 8.78 Å². The zero-order chi connectivity index (χ0) is 15.3. The number of rotatable bonds is 8. The molecule has 116 valence electrons. The van der Waals surface area contributed by atoms with Crippen molar-refractivity contribution in [3.8, 4) is 0 Å². The van der Waals surface area contributed by atoms with Gasteiger partial charge in [0, 0.05) is 12.1 Å². The van der Waals surface area contributed by atoms with Crippen molar-refractivity contribution in [1.29, 1.82) is 0 Å². The van der Waals surface area contributed by atoms with E-state index in [1.807, 2.05) is 11.6 Å². The summed E-state index contributed by atoms with van der Waals surface area (Å²) in [6.45, 7) is 5.29. The molecule has 0 aliphatic heterocycles. The highest BCUT2D eigenvalue weighted by Crippen LogP contribution is 2.26. The van der Waals surface area contributed by atoms with Crippen molar-refractivity contribution >= 4 is 10.0 Å². The zero-order valence-corrected chi connectivity index (χ0v) is 12.6. The number of hydrogen-bond donors (Lipinski definition) is 2. The van der Waals surface area contributed by atoms with Gasteiger partial charge < -0.3 is 9.73 Å². The predicted molar refractivity (Wildman–Crippen MR) is 71.4 cm³/mol. The summed E-state index contributed by atoms with van der Waals surface area (Å²) >= 11 is 0. The minimum absolute atomic E-state index is 0.0424. The van der Waals surface area contributed by atoms with Crippen LogP contribution in [0.5, 0.6) is 0 Å². The number of alkyl halides is 2. The van der Waals surface area contributed by atoms with Crippen molar-refractivity contribution in [2.75, 3.05) is 13.1 Å². The third-order valence-electron chi connectivity index (χ3n) is 2.75. The fourth-order valence-electron chi connectivity index (χ4n) is 1.90. The summed E-state index contributed by atoms with van der Waals surface area (Å²) in [4.78, 5) is -0.0424. The summed E-state index contributed by atoms with van der Waals surface area (Å²) in [5.74, 6) is 0.682. The maximum absolute atomic E-state index is 12.2. The Morgan fingerprint density at radius 2 is 1.90 bits per heavy atom. The number of sulfonamides is 1. The van der Waals surface area contributed by atoms with E-state index in [0.29, 0.717) is 17.9 Å². The first kappa shape index (κ1) is 17.1. The fraction of sp³-hybridized carbons (Fsp3) is 0.667. The quantitative estimate of drug-likeness (QED) is 0.720.